The molecule has 0 bridgehead atoms. The molecule has 1 amide bonds. The van der Waals surface area contributed by atoms with E-state index in [1.807, 2.05) is 0 Å². The molecular weight excluding hydrogens is 234 g/mol. The fourth-order valence-corrected chi connectivity index (χ4v) is 3.88. The second-order valence-corrected chi connectivity index (χ2v) is 5.90. The van der Waals surface area contributed by atoms with Crippen LogP contribution in [0.4, 0.5) is 5.00 Å². The summed E-state index contributed by atoms with van der Waals surface area (Å²) in [5.74, 6) is 0.617. The molecule has 4 heteroatoms. The summed E-state index contributed by atoms with van der Waals surface area (Å²) in [5, 5.41) is 3.53. The Morgan fingerprint density at radius 3 is 2.65 bits per heavy atom. The third kappa shape index (κ3) is 2.41. The topological polar surface area (TPSA) is 46.2 Å². The van der Waals surface area contributed by atoms with E-state index < -0.39 is 0 Å². The van der Waals surface area contributed by atoms with E-state index in [-0.39, 0.29) is 11.7 Å². The maximum Gasteiger partial charge on any atom is 0.221 e. The zero-order chi connectivity index (χ0) is 12.6. The van der Waals surface area contributed by atoms with Crippen molar-refractivity contribution < 1.29 is 9.59 Å². The summed E-state index contributed by atoms with van der Waals surface area (Å²) in [4.78, 5) is 24.1. The van der Waals surface area contributed by atoms with Crippen LogP contribution in [0.15, 0.2) is 0 Å². The first-order valence-electron chi connectivity index (χ1n) is 5.92. The lowest BCUT2D eigenvalue weighted by molar-refractivity contribution is -0.114. The minimum absolute atomic E-state index is 0.0563. The summed E-state index contributed by atoms with van der Waals surface area (Å²) < 4.78 is 0. The monoisotopic (exact) mass is 251 g/mol. The molecular formula is C13H17NO2S. The number of ketones is 1. The normalized spacial score (nSPS) is 18.6. The van der Waals surface area contributed by atoms with Crippen LogP contribution in [0.25, 0.3) is 0 Å². The molecule has 92 valence electrons. The Bertz CT molecular complexity index is 476. The predicted octanol–water partition coefficient (Wildman–Crippen LogP) is 3.03. The van der Waals surface area contributed by atoms with E-state index in [2.05, 4.69) is 12.2 Å². The first-order chi connectivity index (χ1) is 7.99. The van der Waals surface area contributed by atoms with Crippen molar-refractivity contribution in [3.05, 3.63) is 16.0 Å². The van der Waals surface area contributed by atoms with Gasteiger partial charge in [-0.25, -0.2) is 0 Å². The molecule has 0 spiro atoms. The number of fused-ring (bicyclic) bond motifs is 1. The molecule has 0 radical (unpaired) electrons. The van der Waals surface area contributed by atoms with Crippen LogP contribution in [0, 0.1) is 5.92 Å². The lowest BCUT2D eigenvalue weighted by Crippen LogP contribution is -2.12. The van der Waals surface area contributed by atoms with Gasteiger partial charge in [0.15, 0.2) is 5.78 Å². The smallest absolute Gasteiger partial charge is 0.221 e. The molecule has 2 rings (SSSR count). The van der Waals surface area contributed by atoms with Gasteiger partial charge in [-0.1, -0.05) is 6.92 Å². The Morgan fingerprint density at radius 1 is 1.35 bits per heavy atom. The highest BCUT2D eigenvalue weighted by molar-refractivity contribution is 7.17. The average Bonchev–Trinajstić information content (AvgIpc) is 2.53. The lowest BCUT2D eigenvalue weighted by atomic mass is 9.88. The molecule has 0 aliphatic heterocycles. The second-order valence-electron chi connectivity index (χ2n) is 4.79. The van der Waals surface area contributed by atoms with Crippen LogP contribution in [0.2, 0.25) is 0 Å². The predicted molar refractivity (Wildman–Crippen MR) is 69.8 cm³/mol. The van der Waals surface area contributed by atoms with Gasteiger partial charge < -0.3 is 5.32 Å². The molecule has 1 aromatic heterocycles. The summed E-state index contributed by atoms with van der Waals surface area (Å²) in [6.07, 6.45) is 3.12. The number of carbonyl (C=O) groups excluding carboxylic acids is 2. The molecule has 3 nitrogen and oxygen atoms in total. The molecule has 0 aromatic carbocycles. The molecule has 1 aliphatic carbocycles. The summed E-state index contributed by atoms with van der Waals surface area (Å²) in [5.41, 5.74) is 1.91. The molecule has 0 fully saturated rings. The Kier molecular flexibility index (Phi) is 3.33. The van der Waals surface area contributed by atoms with Crippen LogP contribution in [0.1, 0.15) is 48.0 Å². The van der Waals surface area contributed by atoms with Crippen molar-refractivity contribution in [2.24, 2.45) is 5.92 Å². The highest BCUT2D eigenvalue weighted by Gasteiger charge is 2.26. The Labute approximate surface area is 105 Å². The van der Waals surface area contributed by atoms with Crippen molar-refractivity contribution in [3.8, 4) is 0 Å². The van der Waals surface area contributed by atoms with Crippen molar-refractivity contribution >= 4 is 28.0 Å². The molecule has 17 heavy (non-hydrogen) atoms. The lowest BCUT2D eigenvalue weighted by Gasteiger charge is -2.18. The average molecular weight is 251 g/mol. The number of hydrogen-bond donors (Lipinski definition) is 1. The Hall–Kier alpha value is -1.16. The van der Waals surface area contributed by atoms with Crippen molar-refractivity contribution in [1.29, 1.82) is 0 Å². The fourth-order valence-electron chi connectivity index (χ4n) is 2.37. The molecule has 1 aliphatic rings. The number of thiophene rings is 1. The largest absolute Gasteiger partial charge is 0.317 e. The van der Waals surface area contributed by atoms with E-state index in [0.29, 0.717) is 5.92 Å². The fraction of sp³-hybridized carbons (Fsp3) is 0.538. The minimum atomic E-state index is -0.112. The number of nitrogens with one attached hydrogen (secondary N) is 1. The molecule has 0 saturated heterocycles. The van der Waals surface area contributed by atoms with Crippen molar-refractivity contribution in [2.75, 3.05) is 5.32 Å². The second kappa shape index (κ2) is 4.61. The van der Waals surface area contributed by atoms with Gasteiger partial charge in [0, 0.05) is 11.8 Å². The number of carbonyl (C=O) groups is 2. The molecule has 1 aromatic rings. The molecule has 0 saturated carbocycles. The first-order valence-corrected chi connectivity index (χ1v) is 6.73. The quantitative estimate of drug-likeness (QED) is 0.821. The van der Waals surface area contributed by atoms with E-state index >= 15 is 0 Å². The summed E-state index contributed by atoms with van der Waals surface area (Å²) in [7, 11) is 0. The minimum Gasteiger partial charge on any atom is -0.317 e. The van der Waals surface area contributed by atoms with Gasteiger partial charge in [-0.05, 0) is 37.7 Å². The molecule has 1 unspecified atom stereocenters. The summed E-state index contributed by atoms with van der Waals surface area (Å²) >= 11 is 1.57. The van der Waals surface area contributed by atoms with E-state index in [1.165, 1.54) is 17.4 Å². The van der Waals surface area contributed by atoms with Crippen molar-refractivity contribution in [3.63, 3.8) is 0 Å². The van der Waals surface area contributed by atoms with Gasteiger partial charge in [0.1, 0.15) is 5.00 Å². The molecule has 1 heterocycles. The molecule has 1 N–H and O–H groups in total. The van der Waals surface area contributed by atoms with Crippen molar-refractivity contribution in [1.82, 2.24) is 0 Å². The SMILES string of the molecule is CC(=O)Nc1sc2c(c1C(C)=O)CCC(C)C2. The van der Waals surface area contributed by atoms with Gasteiger partial charge in [-0.3, -0.25) is 9.59 Å². The maximum absolute atomic E-state index is 11.7. The van der Waals surface area contributed by atoms with Gasteiger partial charge in [-0.2, -0.15) is 0 Å². The van der Waals surface area contributed by atoms with Crippen LogP contribution >= 0.6 is 11.3 Å². The molecule has 1 atom stereocenters. The van der Waals surface area contributed by atoms with E-state index in [1.54, 1.807) is 18.3 Å². The van der Waals surface area contributed by atoms with Gasteiger partial charge in [0.25, 0.3) is 0 Å². The standard InChI is InChI=1S/C13H17NO2S/c1-7-4-5-10-11(6-7)17-13(14-9(3)16)12(10)8(2)15/h7H,4-6H2,1-3H3,(H,14,16). The van der Waals surface area contributed by atoms with E-state index in [0.717, 1.165) is 29.8 Å². The van der Waals surface area contributed by atoms with Crippen LogP contribution < -0.4 is 5.32 Å². The Morgan fingerprint density at radius 2 is 2.06 bits per heavy atom. The summed E-state index contributed by atoms with van der Waals surface area (Å²) in [6.45, 7) is 5.28. The van der Waals surface area contributed by atoms with Crippen molar-refractivity contribution in [2.45, 2.75) is 40.0 Å². The van der Waals surface area contributed by atoms with Gasteiger partial charge in [-0.15, -0.1) is 11.3 Å². The third-order valence-corrected chi connectivity index (χ3v) is 4.32. The van der Waals surface area contributed by atoms with Crippen LogP contribution in [-0.2, 0) is 17.6 Å². The summed E-state index contributed by atoms with van der Waals surface area (Å²) in [6, 6.07) is 0. The first kappa shape index (κ1) is 12.3. The Balaban J connectivity index is 2.46. The number of hydrogen-bond acceptors (Lipinski definition) is 3. The van der Waals surface area contributed by atoms with Crippen LogP contribution in [0.5, 0.6) is 0 Å². The van der Waals surface area contributed by atoms with E-state index in [4.69, 9.17) is 0 Å². The van der Waals surface area contributed by atoms with Gasteiger partial charge >= 0.3 is 0 Å². The zero-order valence-corrected chi connectivity index (χ0v) is 11.2. The number of Topliss-reactive ketones (excluding diaryl/α,β-unsaturated/α-hetero) is 1. The number of anilines is 1. The van der Waals surface area contributed by atoms with Crippen LogP contribution in [-0.4, -0.2) is 11.7 Å². The van der Waals surface area contributed by atoms with Crippen LogP contribution in [0.3, 0.4) is 0 Å². The number of rotatable bonds is 2. The van der Waals surface area contributed by atoms with E-state index in [9.17, 15) is 9.59 Å². The van der Waals surface area contributed by atoms with Gasteiger partial charge in [0.2, 0.25) is 5.91 Å². The maximum atomic E-state index is 11.7. The number of amides is 1. The third-order valence-electron chi connectivity index (χ3n) is 3.15. The highest BCUT2D eigenvalue weighted by Crippen LogP contribution is 2.39. The van der Waals surface area contributed by atoms with Gasteiger partial charge in [0.05, 0.1) is 5.56 Å². The zero-order valence-electron chi connectivity index (χ0n) is 10.4. The highest BCUT2D eigenvalue weighted by atomic mass is 32.1.